The van der Waals surface area contributed by atoms with Gasteiger partial charge < -0.3 is 20.5 Å². The van der Waals surface area contributed by atoms with E-state index in [1.165, 1.54) is 10.7 Å². The van der Waals surface area contributed by atoms with Gasteiger partial charge in [0.2, 0.25) is 0 Å². The molecule has 3 N–H and O–H groups in total. The van der Waals surface area contributed by atoms with Gasteiger partial charge in [0.25, 0.3) is 5.91 Å². The predicted octanol–water partition coefficient (Wildman–Crippen LogP) is 6.85. The molecule has 1 saturated carbocycles. The van der Waals surface area contributed by atoms with Crippen molar-refractivity contribution in [3.05, 3.63) is 93.6 Å². The monoisotopic (exact) mass is 564 g/mol. The summed E-state index contributed by atoms with van der Waals surface area (Å²) in [5, 5.41) is 21.7. The third-order valence-electron chi connectivity index (χ3n) is 6.31. The third kappa shape index (κ3) is 6.19. The van der Waals surface area contributed by atoms with Crippen LogP contribution in [0.2, 0.25) is 10.0 Å². The summed E-state index contributed by atoms with van der Waals surface area (Å²) in [6, 6.07) is 18.1. The number of carbonyl (C=O) groups is 2. The minimum Gasteiger partial charge on any atom is -0.507 e. The fourth-order valence-corrected chi connectivity index (χ4v) is 4.47. The first-order valence-corrected chi connectivity index (χ1v) is 13.3. The fraction of sp³-hybridized carbons (Fsp3) is 0.207. The standard InChI is InChI=1S/C29H26Cl2N4O4/c1-2-39-21-9-6-19(7-10-21)28(37)33-20-8-12-27(36)22(14-20)25-15-26(18-4-5-18)35(34-25)29(38)32-16-17-3-11-23(30)24(31)13-17/h3,6-15,18,36H,2,4-5,16H2,1H3,(H,32,38)(H,33,37). The number of ether oxygens (including phenoxy) is 1. The van der Waals surface area contributed by atoms with Gasteiger partial charge >= 0.3 is 6.03 Å². The number of hydrogen-bond acceptors (Lipinski definition) is 5. The number of aromatic nitrogens is 2. The molecule has 10 heteroatoms. The lowest BCUT2D eigenvalue weighted by Gasteiger charge is -2.09. The number of nitrogens with one attached hydrogen (secondary N) is 2. The highest BCUT2D eigenvalue weighted by Crippen LogP contribution is 2.42. The minimum atomic E-state index is -0.395. The van der Waals surface area contributed by atoms with E-state index in [9.17, 15) is 14.7 Å². The summed E-state index contributed by atoms with van der Waals surface area (Å²) in [5.74, 6) is 0.577. The number of benzene rings is 3. The van der Waals surface area contributed by atoms with Gasteiger partial charge in [-0.3, -0.25) is 4.79 Å². The van der Waals surface area contributed by atoms with Crippen molar-refractivity contribution in [1.29, 1.82) is 0 Å². The Balaban J connectivity index is 1.35. The number of nitrogens with zero attached hydrogens (tertiary/aromatic N) is 2. The maximum absolute atomic E-state index is 13.1. The third-order valence-corrected chi connectivity index (χ3v) is 7.05. The van der Waals surface area contributed by atoms with Crippen LogP contribution >= 0.6 is 23.2 Å². The van der Waals surface area contributed by atoms with Crippen LogP contribution in [-0.4, -0.2) is 33.4 Å². The fourth-order valence-electron chi connectivity index (χ4n) is 4.15. The van der Waals surface area contributed by atoms with Crippen molar-refractivity contribution in [1.82, 2.24) is 15.1 Å². The quantitative estimate of drug-likeness (QED) is 0.203. The Morgan fingerprint density at radius 3 is 2.49 bits per heavy atom. The number of phenols is 1. The second kappa shape index (κ2) is 11.4. The second-order valence-corrected chi connectivity index (χ2v) is 10.0. The number of carbonyl (C=O) groups excluding carboxylic acids is 2. The van der Waals surface area contributed by atoms with Crippen LogP contribution in [-0.2, 0) is 6.54 Å². The SMILES string of the molecule is CCOc1ccc(C(=O)Nc2ccc(O)c(-c3cc(C4CC4)n(C(=O)NCc4ccc(Cl)c(Cl)c4)n3)c2)cc1. The summed E-state index contributed by atoms with van der Waals surface area (Å²) >= 11 is 12.1. The molecule has 39 heavy (non-hydrogen) atoms. The zero-order chi connectivity index (χ0) is 27.5. The topological polar surface area (TPSA) is 105 Å². The summed E-state index contributed by atoms with van der Waals surface area (Å²) < 4.78 is 6.77. The van der Waals surface area contributed by atoms with Crippen LogP contribution in [0.1, 0.15) is 47.3 Å². The van der Waals surface area contributed by atoms with Crippen LogP contribution in [0, 0.1) is 0 Å². The Morgan fingerprint density at radius 1 is 1.03 bits per heavy atom. The maximum Gasteiger partial charge on any atom is 0.342 e. The summed E-state index contributed by atoms with van der Waals surface area (Å²) in [6.07, 6.45) is 1.91. The lowest BCUT2D eigenvalue weighted by atomic mass is 10.1. The maximum atomic E-state index is 13.1. The molecule has 1 aliphatic carbocycles. The molecule has 0 radical (unpaired) electrons. The molecular weight excluding hydrogens is 539 g/mol. The molecule has 1 aliphatic rings. The van der Waals surface area contributed by atoms with Crippen LogP contribution in [0.15, 0.2) is 66.7 Å². The molecule has 1 fully saturated rings. The number of amides is 2. The van der Waals surface area contributed by atoms with E-state index in [1.807, 2.05) is 13.0 Å². The minimum absolute atomic E-state index is 0.0164. The number of halogens is 2. The van der Waals surface area contributed by atoms with Crippen LogP contribution < -0.4 is 15.4 Å². The summed E-state index contributed by atoms with van der Waals surface area (Å²) in [4.78, 5) is 25.9. The molecule has 3 aromatic carbocycles. The molecule has 1 aromatic heterocycles. The molecule has 5 rings (SSSR count). The second-order valence-electron chi connectivity index (χ2n) is 9.19. The van der Waals surface area contributed by atoms with E-state index < -0.39 is 6.03 Å². The first-order valence-electron chi connectivity index (χ1n) is 12.5. The zero-order valence-electron chi connectivity index (χ0n) is 21.1. The lowest BCUT2D eigenvalue weighted by molar-refractivity contribution is 0.102. The van der Waals surface area contributed by atoms with E-state index in [-0.39, 0.29) is 24.1 Å². The largest absolute Gasteiger partial charge is 0.507 e. The summed E-state index contributed by atoms with van der Waals surface area (Å²) in [7, 11) is 0. The van der Waals surface area contributed by atoms with Crippen molar-refractivity contribution in [2.24, 2.45) is 0 Å². The van der Waals surface area contributed by atoms with Crippen molar-refractivity contribution in [3.63, 3.8) is 0 Å². The Bertz CT molecular complexity index is 1530. The Hall–Kier alpha value is -4.01. The molecule has 2 amide bonds. The van der Waals surface area contributed by atoms with Gasteiger partial charge in [0.15, 0.2) is 0 Å². The van der Waals surface area contributed by atoms with E-state index >= 15 is 0 Å². The molecule has 0 unspecified atom stereocenters. The van der Waals surface area contributed by atoms with Crippen molar-refractivity contribution in [2.45, 2.75) is 32.2 Å². The van der Waals surface area contributed by atoms with Crippen LogP contribution in [0.25, 0.3) is 11.3 Å². The van der Waals surface area contributed by atoms with Gasteiger partial charge in [-0.2, -0.15) is 9.78 Å². The Kier molecular flexibility index (Phi) is 7.77. The van der Waals surface area contributed by atoms with E-state index in [2.05, 4.69) is 15.7 Å². The van der Waals surface area contributed by atoms with Gasteiger partial charge in [-0.15, -0.1) is 0 Å². The first kappa shape index (κ1) is 26.6. The van der Waals surface area contributed by atoms with Crippen molar-refractivity contribution >= 4 is 40.8 Å². The zero-order valence-corrected chi connectivity index (χ0v) is 22.6. The molecular formula is C29H26Cl2N4O4. The highest BCUT2D eigenvalue weighted by molar-refractivity contribution is 6.42. The van der Waals surface area contributed by atoms with E-state index in [4.69, 9.17) is 27.9 Å². The Labute approximate surface area is 235 Å². The molecule has 4 aromatic rings. The molecule has 0 aliphatic heterocycles. The highest BCUT2D eigenvalue weighted by atomic mass is 35.5. The highest BCUT2D eigenvalue weighted by Gasteiger charge is 2.31. The number of aromatic hydroxyl groups is 1. The normalized spacial score (nSPS) is 12.7. The van der Waals surface area contributed by atoms with Crippen molar-refractivity contribution in [2.75, 3.05) is 11.9 Å². The van der Waals surface area contributed by atoms with Gasteiger partial charge in [-0.25, -0.2) is 4.79 Å². The molecule has 0 atom stereocenters. The molecule has 8 nitrogen and oxygen atoms in total. The predicted molar refractivity (Wildman–Crippen MR) is 151 cm³/mol. The van der Waals surface area contributed by atoms with Gasteiger partial charge in [0.05, 0.1) is 28.0 Å². The molecule has 0 spiro atoms. The first-order chi connectivity index (χ1) is 18.8. The average molecular weight is 565 g/mol. The molecule has 0 bridgehead atoms. The van der Waals surface area contributed by atoms with E-state index in [0.717, 1.165) is 24.1 Å². The van der Waals surface area contributed by atoms with Gasteiger partial charge in [-0.05, 0) is 86.0 Å². The van der Waals surface area contributed by atoms with Crippen LogP contribution in [0.4, 0.5) is 10.5 Å². The number of phenolic OH excluding ortho intramolecular Hbond substituents is 1. The van der Waals surface area contributed by atoms with Gasteiger partial charge in [0, 0.05) is 29.3 Å². The van der Waals surface area contributed by atoms with Crippen LogP contribution in [0.5, 0.6) is 11.5 Å². The van der Waals surface area contributed by atoms with Gasteiger partial charge in [0.1, 0.15) is 11.5 Å². The molecule has 200 valence electrons. The van der Waals surface area contributed by atoms with Gasteiger partial charge in [-0.1, -0.05) is 29.3 Å². The van der Waals surface area contributed by atoms with E-state index in [0.29, 0.717) is 44.9 Å². The smallest absolute Gasteiger partial charge is 0.342 e. The molecule has 1 heterocycles. The summed E-state index contributed by atoms with van der Waals surface area (Å²) in [6.45, 7) is 2.68. The lowest BCUT2D eigenvalue weighted by Crippen LogP contribution is -2.30. The van der Waals surface area contributed by atoms with Crippen molar-refractivity contribution in [3.8, 4) is 22.8 Å². The van der Waals surface area contributed by atoms with E-state index in [1.54, 1.807) is 54.6 Å². The molecule has 0 saturated heterocycles. The number of hydrogen-bond donors (Lipinski definition) is 3. The number of rotatable bonds is 8. The average Bonchev–Trinajstić information content (AvgIpc) is 3.68. The number of anilines is 1. The van der Waals surface area contributed by atoms with Crippen LogP contribution in [0.3, 0.4) is 0 Å². The van der Waals surface area contributed by atoms with Crippen molar-refractivity contribution < 1.29 is 19.4 Å². The Morgan fingerprint density at radius 2 is 1.79 bits per heavy atom. The summed E-state index contributed by atoms with van der Waals surface area (Å²) in [5.41, 5.74) is 3.33.